The van der Waals surface area contributed by atoms with Crippen LogP contribution in [0.25, 0.3) is 33.3 Å². The highest BCUT2D eigenvalue weighted by molar-refractivity contribution is 6.30. The number of nitrogens with zero attached hydrogens (tertiary/aromatic N) is 5. The van der Waals surface area contributed by atoms with Crippen LogP contribution in [0.5, 0.6) is 0 Å². The van der Waals surface area contributed by atoms with Crippen LogP contribution in [0.3, 0.4) is 0 Å². The van der Waals surface area contributed by atoms with E-state index in [1.54, 1.807) is 4.68 Å². The SMILES string of the molecule is Cn1nnc2cc(Nc3nc(-c4ccc(Cl)cc4)nc4ccccc34)ccc21. The van der Waals surface area contributed by atoms with Crippen molar-refractivity contribution in [3.05, 3.63) is 71.8 Å². The summed E-state index contributed by atoms with van der Waals surface area (Å²) < 4.78 is 1.75. The number of rotatable bonds is 3. The minimum Gasteiger partial charge on any atom is -0.340 e. The van der Waals surface area contributed by atoms with Crippen LogP contribution < -0.4 is 5.32 Å². The Bertz CT molecular complexity index is 1310. The Hall–Kier alpha value is -3.51. The molecule has 0 amide bonds. The minimum absolute atomic E-state index is 0.637. The number of halogens is 1. The first-order chi connectivity index (χ1) is 13.7. The lowest BCUT2D eigenvalue weighted by molar-refractivity contribution is 0.736. The van der Waals surface area contributed by atoms with Crippen molar-refractivity contribution in [1.29, 1.82) is 0 Å². The van der Waals surface area contributed by atoms with Crippen LogP contribution in [-0.4, -0.2) is 25.0 Å². The van der Waals surface area contributed by atoms with Crippen LogP contribution in [0.15, 0.2) is 66.7 Å². The van der Waals surface area contributed by atoms with Crippen LogP contribution in [0.4, 0.5) is 11.5 Å². The molecule has 0 bridgehead atoms. The maximum Gasteiger partial charge on any atom is 0.162 e. The van der Waals surface area contributed by atoms with Crippen molar-refractivity contribution in [2.45, 2.75) is 0 Å². The van der Waals surface area contributed by atoms with E-state index in [-0.39, 0.29) is 0 Å². The molecule has 1 N–H and O–H groups in total. The summed E-state index contributed by atoms with van der Waals surface area (Å²) in [5, 5.41) is 13.3. The number of nitrogens with one attached hydrogen (secondary N) is 1. The Labute approximate surface area is 165 Å². The fourth-order valence-electron chi connectivity index (χ4n) is 3.16. The zero-order valence-corrected chi connectivity index (χ0v) is 15.7. The molecule has 2 aromatic heterocycles. The smallest absolute Gasteiger partial charge is 0.162 e. The average molecular weight is 387 g/mol. The lowest BCUT2D eigenvalue weighted by atomic mass is 10.1. The molecule has 0 spiro atoms. The molecule has 3 aromatic carbocycles. The summed E-state index contributed by atoms with van der Waals surface area (Å²) in [6.45, 7) is 0. The third-order valence-corrected chi connectivity index (χ3v) is 4.83. The zero-order chi connectivity index (χ0) is 19.1. The van der Waals surface area contributed by atoms with Crippen molar-refractivity contribution in [3.63, 3.8) is 0 Å². The van der Waals surface area contributed by atoms with Crippen LogP contribution in [-0.2, 0) is 7.05 Å². The van der Waals surface area contributed by atoms with Crippen molar-refractivity contribution >= 4 is 45.0 Å². The summed E-state index contributed by atoms with van der Waals surface area (Å²) in [7, 11) is 1.87. The van der Waals surface area contributed by atoms with E-state index in [2.05, 4.69) is 15.6 Å². The normalized spacial score (nSPS) is 11.2. The van der Waals surface area contributed by atoms with E-state index in [0.717, 1.165) is 39.0 Å². The predicted octanol–water partition coefficient (Wildman–Crippen LogP) is 4.98. The molecule has 6 nitrogen and oxygen atoms in total. The van der Waals surface area contributed by atoms with Gasteiger partial charge in [-0.05, 0) is 54.6 Å². The lowest BCUT2D eigenvalue weighted by Gasteiger charge is -2.11. The van der Waals surface area contributed by atoms with Gasteiger partial charge in [0.1, 0.15) is 11.3 Å². The molecule has 5 rings (SSSR count). The van der Waals surface area contributed by atoms with Gasteiger partial charge in [-0.3, -0.25) is 0 Å². The predicted molar refractivity (Wildman–Crippen MR) is 112 cm³/mol. The number of para-hydroxylation sites is 1. The number of aromatic nitrogens is 5. The van der Waals surface area contributed by atoms with Crippen molar-refractivity contribution in [2.75, 3.05) is 5.32 Å². The summed E-state index contributed by atoms with van der Waals surface area (Å²) >= 11 is 6.02. The highest BCUT2D eigenvalue weighted by atomic mass is 35.5. The van der Waals surface area contributed by atoms with E-state index >= 15 is 0 Å². The molecule has 7 heteroatoms. The third-order valence-electron chi connectivity index (χ3n) is 4.58. The first-order valence-electron chi connectivity index (χ1n) is 8.76. The van der Waals surface area contributed by atoms with Gasteiger partial charge in [0.2, 0.25) is 0 Å². The highest BCUT2D eigenvalue weighted by Gasteiger charge is 2.11. The van der Waals surface area contributed by atoms with Gasteiger partial charge in [0.15, 0.2) is 5.82 Å². The van der Waals surface area contributed by atoms with E-state index in [0.29, 0.717) is 10.8 Å². The van der Waals surface area contributed by atoms with Gasteiger partial charge in [-0.2, -0.15) is 0 Å². The molecule has 28 heavy (non-hydrogen) atoms. The van der Waals surface area contributed by atoms with Crippen LogP contribution in [0.2, 0.25) is 5.02 Å². The molecule has 0 radical (unpaired) electrons. The highest BCUT2D eigenvalue weighted by Crippen LogP contribution is 2.28. The van der Waals surface area contributed by atoms with E-state index in [4.69, 9.17) is 21.6 Å². The fourth-order valence-corrected chi connectivity index (χ4v) is 3.28. The average Bonchev–Trinajstić information content (AvgIpc) is 3.09. The topological polar surface area (TPSA) is 68.5 Å². The molecule has 0 aliphatic heterocycles. The summed E-state index contributed by atoms with van der Waals surface area (Å²) in [4.78, 5) is 9.49. The Morgan fingerprint density at radius 1 is 0.893 bits per heavy atom. The number of anilines is 2. The second-order valence-electron chi connectivity index (χ2n) is 6.46. The van der Waals surface area contributed by atoms with Gasteiger partial charge in [0, 0.05) is 28.7 Å². The van der Waals surface area contributed by atoms with E-state index < -0.39 is 0 Å². The maximum atomic E-state index is 6.02. The molecule has 5 aromatic rings. The molecule has 2 heterocycles. The van der Waals surface area contributed by atoms with Gasteiger partial charge in [0.25, 0.3) is 0 Å². The molecule has 0 fully saturated rings. The molecule has 0 saturated carbocycles. The van der Waals surface area contributed by atoms with Crippen LogP contribution in [0.1, 0.15) is 0 Å². The van der Waals surface area contributed by atoms with Gasteiger partial charge in [-0.25, -0.2) is 14.6 Å². The van der Waals surface area contributed by atoms with Crippen molar-refractivity contribution in [1.82, 2.24) is 25.0 Å². The fraction of sp³-hybridized carbons (Fsp3) is 0.0476. The zero-order valence-electron chi connectivity index (χ0n) is 15.0. The van der Waals surface area contributed by atoms with E-state index in [1.807, 2.05) is 73.8 Å². The summed E-state index contributed by atoms with van der Waals surface area (Å²) in [5.41, 5.74) is 4.45. The first kappa shape index (κ1) is 16.6. The second-order valence-corrected chi connectivity index (χ2v) is 6.90. The quantitative estimate of drug-likeness (QED) is 0.473. The molecule has 0 aliphatic rings. The number of aryl methyl sites for hydroxylation is 1. The van der Waals surface area contributed by atoms with Gasteiger partial charge in [-0.15, -0.1) is 5.10 Å². The summed E-state index contributed by atoms with van der Waals surface area (Å²) in [6.07, 6.45) is 0. The minimum atomic E-state index is 0.637. The van der Waals surface area contributed by atoms with Crippen molar-refractivity contribution in [2.24, 2.45) is 7.05 Å². The largest absolute Gasteiger partial charge is 0.340 e. The number of hydrogen-bond donors (Lipinski definition) is 1. The van der Waals surface area contributed by atoms with Crippen molar-refractivity contribution < 1.29 is 0 Å². The van der Waals surface area contributed by atoms with Gasteiger partial charge in [-0.1, -0.05) is 28.9 Å². The van der Waals surface area contributed by atoms with Gasteiger partial charge >= 0.3 is 0 Å². The van der Waals surface area contributed by atoms with Crippen molar-refractivity contribution in [3.8, 4) is 11.4 Å². The lowest BCUT2D eigenvalue weighted by Crippen LogP contribution is -1.99. The van der Waals surface area contributed by atoms with Crippen LogP contribution >= 0.6 is 11.6 Å². The monoisotopic (exact) mass is 386 g/mol. The van der Waals surface area contributed by atoms with E-state index in [9.17, 15) is 0 Å². The Morgan fingerprint density at radius 2 is 1.71 bits per heavy atom. The second kappa shape index (κ2) is 6.58. The standard InChI is InChI=1S/C21H15ClN6/c1-28-19-11-10-15(12-18(19)26-27-28)23-21-16-4-2-3-5-17(16)24-20(25-21)13-6-8-14(22)9-7-13/h2-12H,1H3,(H,23,24,25). The number of hydrogen-bond acceptors (Lipinski definition) is 5. The van der Waals surface area contributed by atoms with Crippen LogP contribution in [0, 0.1) is 0 Å². The molecule has 0 atom stereocenters. The Morgan fingerprint density at radius 3 is 2.57 bits per heavy atom. The third kappa shape index (κ3) is 2.93. The summed E-state index contributed by atoms with van der Waals surface area (Å²) in [6, 6.07) is 21.4. The number of fused-ring (bicyclic) bond motifs is 2. The molecular weight excluding hydrogens is 372 g/mol. The Kier molecular flexibility index (Phi) is 3.91. The number of benzene rings is 3. The van der Waals surface area contributed by atoms with Gasteiger partial charge < -0.3 is 5.32 Å². The summed E-state index contributed by atoms with van der Waals surface area (Å²) in [5.74, 6) is 1.37. The van der Waals surface area contributed by atoms with E-state index in [1.165, 1.54) is 0 Å². The molecule has 136 valence electrons. The molecule has 0 unspecified atom stereocenters. The molecular formula is C21H15ClN6. The van der Waals surface area contributed by atoms with Gasteiger partial charge in [0.05, 0.1) is 11.0 Å². The molecule has 0 aliphatic carbocycles. The molecule has 0 saturated heterocycles. The maximum absolute atomic E-state index is 6.02. The Balaban J connectivity index is 1.63. The first-order valence-corrected chi connectivity index (χ1v) is 9.14.